The minimum Gasteiger partial charge on any atom is -0.375 e. The van der Waals surface area contributed by atoms with Crippen molar-refractivity contribution < 1.29 is 4.79 Å². The number of anilines is 1. The Morgan fingerprint density at radius 1 is 1.23 bits per heavy atom. The molecule has 1 amide bonds. The van der Waals surface area contributed by atoms with Crippen LogP contribution in [0, 0.1) is 3.57 Å². The molecular formula is C17H18BrIN2O. The Balaban J connectivity index is 1.79. The highest BCUT2D eigenvalue weighted by Gasteiger charge is 2.10. The summed E-state index contributed by atoms with van der Waals surface area (Å²) in [7, 11) is 2.06. The molecule has 0 aromatic heterocycles. The average molecular weight is 473 g/mol. The lowest BCUT2D eigenvalue weighted by Gasteiger charge is -2.19. The zero-order chi connectivity index (χ0) is 15.9. The predicted octanol–water partition coefficient (Wildman–Crippen LogP) is 4.31. The van der Waals surface area contributed by atoms with Crippen molar-refractivity contribution in [2.75, 3.05) is 25.0 Å². The molecule has 5 heteroatoms. The Bertz CT molecular complexity index is 634. The van der Waals surface area contributed by atoms with E-state index in [-0.39, 0.29) is 5.91 Å². The largest absolute Gasteiger partial charge is 0.375 e. The van der Waals surface area contributed by atoms with Gasteiger partial charge in [0.2, 0.25) is 0 Å². The molecule has 0 spiro atoms. The summed E-state index contributed by atoms with van der Waals surface area (Å²) in [6, 6.07) is 16.0. The summed E-state index contributed by atoms with van der Waals surface area (Å²) in [5.41, 5.74) is 1.90. The van der Waals surface area contributed by atoms with Crippen LogP contribution >= 0.6 is 38.5 Å². The molecule has 0 aliphatic carbocycles. The fraction of sp³-hybridized carbons (Fsp3) is 0.235. The van der Waals surface area contributed by atoms with Gasteiger partial charge in [-0.25, -0.2) is 0 Å². The Labute approximate surface area is 153 Å². The van der Waals surface area contributed by atoms with Gasteiger partial charge in [-0.2, -0.15) is 0 Å². The summed E-state index contributed by atoms with van der Waals surface area (Å²) in [4.78, 5) is 14.4. The average Bonchev–Trinajstić information content (AvgIpc) is 2.54. The van der Waals surface area contributed by atoms with E-state index in [1.165, 1.54) is 5.69 Å². The number of halogens is 2. The molecule has 3 nitrogen and oxygen atoms in total. The van der Waals surface area contributed by atoms with Crippen molar-refractivity contribution in [1.29, 1.82) is 0 Å². The van der Waals surface area contributed by atoms with Gasteiger partial charge in [0.15, 0.2) is 0 Å². The second kappa shape index (κ2) is 8.53. The topological polar surface area (TPSA) is 32.3 Å². The van der Waals surface area contributed by atoms with Gasteiger partial charge >= 0.3 is 0 Å². The predicted molar refractivity (Wildman–Crippen MR) is 104 cm³/mol. The SMILES string of the molecule is CN(CCCNC(=O)c1cc(Br)ccc1I)c1ccccc1. The highest BCUT2D eigenvalue weighted by molar-refractivity contribution is 14.1. The number of benzene rings is 2. The van der Waals surface area contributed by atoms with E-state index in [9.17, 15) is 4.79 Å². The number of nitrogens with one attached hydrogen (secondary N) is 1. The summed E-state index contributed by atoms with van der Waals surface area (Å²) >= 11 is 5.58. The van der Waals surface area contributed by atoms with Gasteiger partial charge in [-0.1, -0.05) is 34.1 Å². The summed E-state index contributed by atoms with van der Waals surface area (Å²) in [6.07, 6.45) is 0.904. The molecule has 0 aliphatic rings. The van der Waals surface area contributed by atoms with Gasteiger partial charge < -0.3 is 10.2 Å². The van der Waals surface area contributed by atoms with Crippen LogP contribution in [0.1, 0.15) is 16.8 Å². The third kappa shape index (κ3) is 4.98. The molecule has 0 saturated carbocycles. The molecule has 22 heavy (non-hydrogen) atoms. The lowest BCUT2D eigenvalue weighted by Crippen LogP contribution is -2.28. The van der Waals surface area contributed by atoms with Gasteiger partial charge in [-0.05, 0) is 59.3 Å². The van der Waals surface area contributed by atoms with Crippen LogP contribution in [0.5, 0.6) is 0 Å². The maximum Gasteiger partial charge on any atom is 0.252 e. The smallest absolute Gasteiger partial charge is 0.252 e. The molecule has 0 heterocycles. The first-order chi connectivity index (χ1) is 10.6. The molecule has 2 aromatic carbocycles. The van der Waals surface area contributed by atoms with Crippen molar-refractivity contribution in [2.24, 2.45) is 0 Å². The fourth-order valence-corrected chi connectivity index (χ4v) is 3.04. The molecule has 0 fully saturated rings. The van der Waals surface area contributed by atoms with Crippen molar-refractivity contribution in [2.45, 2.75) is 6.42 Å². The highest BCUT2D eigenvalue weighted by Crippen LogP contribution is 2.18. The van der Waals surface area contributed by atoms with E-state index in [2.05, 4.69) is 67.9 Å². The molecule has 2 aromatic rings. The van der Waals surface area contributed by atoms with E-state index in [1.54, 1.807) is 0 Å². The Morgan fingerprint density at radius 2 is 1.95 bits per heavy atom. The fourth-order valence-electron chi connectivity index (χ4n) is 2.10. The molecule has 116 valence electrons. The first-order valence-corrected chi connectivity index (χ1v) is 8.94. The lowest BCUT2D eigenvalue weighted by molar-refractivity contribution is 0.0952. The molecule has 1 N–H and O–H groups in total. The van der Waals surface area contributed by atoms with Crippen molar-refractivity contribution in [3.05, 3.63) is 62.1 Å². The Morgan fingerprint density at radius 3 is 2.68 bits per heavy atom. The van der Waals surface area contributed by atoms with Crippen LogP contribution in [0.4, 0.5) is 5.69 Å². The minimum atomic E-state index is -0.0203. The summed E-state index contributed by atoms with van der Waals surface area (Å²) < 4.78 is 1.88. The number of hydrogen-bond acceptors (Lipinski definition) is 2. The number of carbonyl (C=O) groups excluding carboxylic acids is 1. The molecule has 0 unspecified atom stereocenters. The zero-order valence-corrected chi connectivity index (χ0v) is 16.1. The molecule has 0 radical (unpaired) electrons. The number of amides is 1. The maximum absolute atomic E-state index is 12.2. The first-order valence-electron chi connectivity index (χ1n) is 7.07. The van der Waals surface area contributed by atoms with Crippen molar-refractivity contribution in [1.82, 2.24) is 5.32 Å². The van der Waals surface area contributed by atoms with Gasteiger partial charge in [0, 0.05) is 33.9 Å². The second-order valence-corrected chi connectivity index (χ2v) is 7.07. The van der Waals surface area contributed by atoms with Crippen LogP contribution in [0.2, 0.25) is 0 Å². The van der Waals surface area contributed by atoms with Gasteiger partial charge in [0.05, 0.1) is 5.56 Å². The summed E-state index contributed by atoms with van der Waals surface area (Å²) in [5, 5.41) is 2.98. The van der Waals surface area contributed by atoms with Crippen molar-refractivity contribution in [3.8, 4) is 0 Å². The first kappa shape index (κ1) is 17.3. The van der Waals surface area contributed by atoms with E-state index in [1.807, 2.05) is 36.4 Å². The third-order valence-corrected chi connectivity index (χ3v) is 4.76. The standard InChI is InChI=1S/C17H18BrIN2O/c1-21(14-6-3-2-4-7-14)11-5-10-20-17(22)15-12-13(18)8-9-16(15)19/h2-4,6-9,12H,5,10-11H2,1H3,(H,20,22). The van der Waals surface area contributed by atoms with Crippen LogP contribution in [0.3, 0.4) is 0 Å². The zero-order valence-electron chi connectivity index (χ0n) is 12.4. The van der Waals surface area contributed by atoms with E-state index in [4.69, 9.17) is 0 Å². The van der Waals surface area contributed by atoms with Crippen molar-refractivity contribution >= 4 is 50.1 Å². The quantitative estimate of drug-likeness (QED) is 0.501. The van der Waals surface area contributed by atoms with Gasteiger partial charge in [0.25, 0.3) is 5.91 Å². The van der Waals surface area contributed by atoms with Gasteiger partial charge in [-0.3, -0.25) is 4.79 Å². The Hall–Kier alpha value is -1.08. The van der Waals surface area contributed by atoms with Crippen molar-refractivity contribution in [3.63, 3.8) is 0 Å². The third-order valence-electron chi connectivity index (χ3n) is 3.33. The minimum absolute atomic E-state index is 0.0203. The molecular weight excluding hydrogens is 455 g/mol. The second-order valence-electron chi connectivity index (χ2n) is 4.99. The van der Waals surface area contributed by atoms with Crippen LogP contribution in [-0.4, -0.2) is 26.0 Å². The number of carbonyl (C=O) groups is 1. The molecule has 0 bridgehead atoms. The van der Waals surface area contributed by atoms with Gasteiger partial charge in [-0.15, -0.1) is 0 Å². The summed E-state index contributed by atoms with van der Waals surface area (Å²) in [6.45, 7) is 1.57. The molecule has 0 atom stereocenters. The number of rotatable bonds is 6. The van der Waals surface area contributed by atoms with E-state index in [0.717, 1.165) is 21.0 Å². The highest BCUT2D eigenvalue weighted by atomic mass is 127. The maximum atomic E-state index is 12.2. The van der Waals surface area contributed by atoms with Gasteiger partial charge in [0.1, 0.15) is 0 Å². The van der Waals surface area contributed by atoms with Crippen LogP contribution < -0.4 is 10.2 Å². The Kier molecular flexibility index (Phi) is 6.70. The number of para-hydroxylation sites is 1. The molecule has 0 aliphatic heterocycles. The molecule has 0 saturated heterocycles. The number of nitrogens with zero attached hydrogens (tertiary/aromatic N) is 1. The number of hydrogen-bond donors (Lipinski definition) is 1. The van der Waals surface area contributed by atoms with E-state index in [0.29, 0.717) is 12.1 Å². The summed E-state index contributed by atoms with van der Waals surface area (Å²) in [5.74, 6) is -0.0203. The van der Waals surface area contributed by atoms with Crippen LogP contribution in [-0.2, 0) is 0 Å². The van der Waals surface area contributed by atoms with E-state index < -0.39 is 0 Å². The van der Waals surface area contributed by atoms with Crippen LogP contribution in [0.15, 0.2) is 53.0 Å². The van der Waals surface area contributed by atoms with Crippen LogP contribution in [0.25, 0.3) is 0 Å². The molecule has 2 rings (SSSR count). The lowest BCUT2D eigenvalue weighted by atomic mass is 10.2. The van der Waals surface area contributed by atoms with E-state index >= 15 is 0 Å². The monoisotopic (exact) mass is 472 g/mol. The normalized spacial score (nSPS) is 10.3.